The quantitative estimate of drug-likeness (QED) is 0.752. The number of H-pyrrole nitrogens is 1. The number of primary amides is 1. The number of nitrogens with zero attached hydrogens (tertiary/aromatic N) is 2. The van der Waals surface area contributed by atoms with Gasteiger partial charge < -0.3 is 25.7 Å². The van der Waals surface area contributed by atoms with Crippen LogP contribution in [-0.2, 0) is 4.74 Å². The molecule has 3 atom stereocenters. The number of pyridine rings is 1. The van der Waals surface area contributed by atoms with E-state index in [9.17, 15) is 9.59 Å². The number of hydrogen-bond donors (Lipinski definition) is 3. The van der Waals surface area contributed by atoms with Crippen molar-refractivity contribution in [1.29, 1.82) is 0 Å². The number of amides is 2. The average Bonchev–Trinajstić information content (AvgIpc) is 3.16. The van der Waals surface area contributed by atoms with E-state index in [-0.39, 0.29) is 24.2 Å². The second-order valence-electron chi connectivity index (χ2n) is 8.74. The van der Waals surface area contributed by atoms with Crippen LogP contribution in [-0.4, -0.2) is 50.6 Å². The third-order valence-electron chi connectivity index (χ3n) is 5.54. The second kappa shape index (κ2) is 6.68. The molecule has 150 valence electrons. The lowest BCUT2D eigenvalue weighted by Crippen LogP contribution is -2.51. The summed E-state index contributed by atoms with van der Waals surface area (Å²) in [6.07, 6.45) is 6.63. The Balaban J connectivity index is 1.54. The van der Waals surface area contributed by atoms with Gasteiger partial charge in [0.15, 0.2) is 0 Å². The molecule has 2 aromatic heterocycles. The van der Waals surface area contributed by atoms with Gasteiger partial charge in [0.2, 0.25) is 0 Å². The number of aromatic amines is 1. The highest BCUT2D eigenvalue weighted by Crippen LogP contribution is 2.39. The first-order valence-corrected chi connectivity index (χ1v) is 9.76. The van der Waals surface area contributed by atoms with Gasteiger partial charge in [-0.3, -0.25) is 4.79 Å². The number of fused-ring (bicyclic) bond motifs is 3. The standard InChI is InChI=1S/C20H27N5O3/c1-20(2,3)28-19(27)25-12-4-5-13(25)9-11(8-12)24-16-14-6-7-22-18(14)23-10-15(16)17(21)26/h6-7,10-13H,4-5,8-9H2,1-3H3,(H2,21,26)(H2,22,23,24)/t11?,12-,13+. The van der Waals surface area contributed by atoms with Crippen LogP contribution in [0.15, 0.2) is 18.5 Å². The maximum absolute atomic E-state index is 12.6. The van der Waals surface area contributed by atoms with Gasteiger partial charge in [-0.2, -0.15) is 0 Å². The summed E-state index contributed by atoms with van der Waals surface area (Å²) >= 11 is 0. The van der Waals surface area contributed by atoms with Gasteiger partial charge in [-0.05, 0) is 52.5 Å². The van der Waals surface area contributed by atoms with Gasteiger partial charge in [-0.25, -0.2) is 9.78 Å². The molecule has 4 N–H and O–H groups in total. The second-order valence-corrected chi connectivity index (χ2v) is 8.74. The lowest BCUT2D eigenvalue weighted by molar-refractivity contribution is 0.00683. The van der Waals surface area contributed by atoms with Gasteiger partial charge in [0.1, 0.15) is 11.2 Å². The average molecular weight is 385 g/mol. The van der Waals surface area contributed by atoms with E-state index in [1.807, 2.05) is 31.7 Å². The molecule has 0 saturated carbocycles. The summed E-state index contributed by atoms with van der Waals surface area (Å²) in [4.78, 5) is 33.8. The Morgan fingerprint density at radius 3 is 2.57 bits per heavy atom. The monoisotopic (exact) mass is 385 g/mol. The number of hydrogen-bond acceptors (Lipinski definition) is 5. The fourth-order valence-corrected chi connectivity index (χ4v) is 4.46. The van der Waals surface area contributed by atoms with Gasteiger partial charge in [0.25, 0.3) is 5.91 Å². The van der Waals surface area contributed by atoms with E-state index in [2.05, 4.69) is 15.3 Å². The zero-order valence-corrected chi connectivity index (χ0v) is 16.5. The first-order valence-electron chi connectivity index (χ1n) is 9.76. The molecule has 2 amide bonds. The van der Waals surface area contributed by atoms with E-state index in [1.165, 1.54) is 6.20 Å². The van der Waals surface area contributed by atoms with Crippen LogP contribution in [0.1, 0.15) is 56.8 Å². The van der Waals surface area contributed by atoms with Gasteiger partial charge in [-0.1, -0.05) is 0 Å². The molecule has 2 saturated heterocycles. The Morgan fingerprint density at radius 2 is 1.96 bits per heavy atom. The first kappa shape index (κ1) is 18.6. The minimum atomic E-state index is -0.507. The largest absolute Gasteiger partial charge is 0.444 e. The molecule has 4 heterocycles. The Morgan fingerprint density at radius 1 is 1.29 bits per heavy atom. The summed E-state index contributed by atoms with van der Waals surface area (Å²) < 4.78 is 5.60. The molecule has 0 aliphatic carbocycles. The number of ether oxygens (including phenoxy) is 1. The van der Waals surface area contributed by atoms with Crippen molar-refractivity contribution in [3.05, 3.63) is 24.0 Å². The summed E-state index contributed by atoms with van der Waals surface area (Å²) in [5.74, 6) is -0.507. The van der Waals surface area contributed by atoms with Crippen molar-refractivity contribution in [3.8, 4) is 0 Å². The Bertz CT molecular complexity index is 902. The van der Waals surface area contributed by atoms with Gasteiger partial charge in [0.05, 0.1) is 11.3 Å². The van der Waals surface area contributed by atoms with E-state index < -0.39 is 11.5 Å². The Kier molecular flexibility index (Phi) is 4.44. The maximum atomic E-state index is 12.6. The summed E-state index contributed by atoms with van der Waals surface area (Å²) in [6, 6.07) is 2.33. The lowest BCUT2D eigenvalue weighted by Gasteiger charge is -2.40. The molecule has 2 aliphatic heterocycles. The number of nitrogens with two attached hydrogens (primary N) is 1. The molecule has 0 aromatic carbocycles. The van der Waals surface area contributed by atoms with Gasteiger partial charge in [0, 0.05) is 35.9 Å². The molecule has 0 radical (unpaired) electrons. The van der Waals surface area contributed by atoms with Crippen LogP contribution in [0.4, 0.5) is 10.5 Å². The van der Waals surface area contributed by atoms with Crippen LogP contribution in [0.5, 0.6) is 0 Å². The zero-order valence-electron chi connectivity index (χ0n) is 16.5. The third-order valence-corrected chi connectivity index (χ3v) is 5.54. The smallest absolute Gasteiger partial charge is 0.410 e. The Labute approximate surface area is 163 Å². The number of piperidine rings is 1. The van der Waals surface area contributed by atoms with E-state index in [4.69, 9.17) is 10.5 Å². The number of carbonyl (C=O) groups excluding carboxylic acids is 2. The first-order chi connectivity index (χ1) is 13.2. The van der Waals surface area contributed by atoms with Crippen LogP contribution in [0.2, 0.25) is 0 Å². The SMILES string of the molecule is CC(C)(C)OC(=O)N1[C@@H]2CC[C@H]1CC(Nc1c(C(N)=O)cnc3[nH]ccc13)C2. The van der Waals surface area contributed by atoms with Crippen LogP contribution >= 0.6 is 0 Å². The molecule has 2 fully saturated rings. The summed E-state index contributed by atoms with van der Waals surface area (Å²) in [5.41, 5.74) is 6.88. The molecule has 8 nitrogen and oxygen atoms in total. The van der Waals surface area contributed by atoms with Crippen molar-refractivity contribution in [1.82, 2.24) is 14.9 Å². The lowest BCUT2D eigenvalue weighted by atomic mass is 9.96. The third kappa shape index (κ3) is 3.39. The molecule has 8 heteroatoms. The highest BCUT2D eigenvalue weighted by Gasteiger charge is 2.45. The molecule has 2 aliphatic rings. The molecule has 28 heavy (non-hydrogen) atoms. The fraction of sp³-hybridized carbons (Fsp3) is 0.550. The molecular formula is C20H27N5O3. The topological polar surface area (TPSA) is 113 Å². The van der Waals surface area contributed by atoms with Crippen molar-refractivity contribution >= 4 is 28.7 Å². The minimum Gasteiger partial charge on any atom is -0.444 e. The number of aromatic nitrogens is 2. The zero-order chi connectivity index (χ0) is 20.1. The predicted octanol–water partition coefficient (Wildman–Crippen LogP) is 3.00. The highest BCUT2D eigenvalue weighted by atomic mass is 16.6. The van der Waals surface area contributed by atoms with Crippen LogP contribution in [0.3, 0.4) is 0 Å². The van der Waals surface area contributed by atoms with Crippen LogP contribution in [0, 0.1) is 0 Å². The molecule has 2 aromatic rings. The van der Waals surface area contributed by atoms with E-state index in [0.717, 1.165) is 31.1 Å². The molecule has 1 unspecified atom stereocenters. The van der Waals surface area contributed by atoms with Crippen molar-refractivity contribution in [2.45, 2.75) is 70.2 Å². The van der Waals surface area contributed by atoms with Crippen molar-refractivity contribution in [3.63, 3.8) is 0 Å². The minimum absolute atomic E-state index is 0.145. The highest BCUT2D eigenvalue weighted by molar-refractivity contribution is 6.06. The van der Waals surface area contributed by atoms with Crippen LogP contribution in [0.25, 0.3) is 11.0 Å². The summed E-state index contributed by atoms with van der Waals surface area (Å²) in [5, 5.41) is 4.37. The normalized spacial score (nSPS) is 24.4. The number of anilines is 1. The maximum Gasteiger partial charge on any atom is 0.410 e. The predicted molar refractivity (Wildman–Crippen MR) is 106 cm³/mol. The number of carbonyl (C=O) groups is 2. The molecule has 0 spiro atoms. The van der Waals surface area contributed by atoms with E-state index in [1.54, 1.807) is 6.20 Å². The van der Waals surface area contributed by atoms with E-state index in [0.29, 0.717) is 16.9 Å². The molecular weight excluding hydrogens is 358 g/mol. The van der Waals surface area contributed by atoms with Crippen molar-refractivity contribution < 1.29 is 14.3 Å². The van der Waals surface area contributed by atoms with Gasteiger partial charge in [-0.15, -0.1) is 0 Å². The summed E-state index contributed by atoms with van der Waals surface area (Å²) in [6.45, 7) is 5.66. The molecule has 4 rings (SSSR count). The number of nitrogens with one attached hydrogen (secondary N) is 2. The number of rotatable bonds is 3. The van der Waals surface area contributed by atoms with Gasteiger partial charge >= 0.3 is 6.09 Å². The fourth-order valence-electron chi connectivity index (χ4n) is 4.46. The van der Waals surface area contributed by atoms with Crippen molar-refractivity contribution in [2.75, 3.05) is 5.32 Å². The Hall–Kier alpha value is -2.77. The van der Waals surface area contributed by atoms with E-state index >= 15 is 0 Å². The van der Waals surface area contributed by atoms with Crippen molar-refractivity contribution in [2.24, 2.45) is 5.73 Å². The molecule has 2 bridgehead atoms. The van der Waals surface area contributed by atoms with Crippen LogP contribution < -0.4 is 11.1 Å². The summed E-state index contributed by atoms with van der Waals surface area (Å²) in [7, 11) is 0.